The van der Waals surface area contributed by atoms with E-state index < -0.39 is 5.92 Å². The van der Waals surface area contributed by atoms with Crippen molar-refractivity contribution in [3.63, 3.8) is 0 Å². The first-order valence-electron chi connectivity index (χ1n) is 7.91. The number of carbonyl (C=O) groups is 1. The minimum Gasteiger partial charge on any atom is -0.370 e. The maximum absolute atomic E-state index is 12.7. The molecular weight excluding hydrogens is 334 g/mol. The van der Waals surface area contributed by atoms with Crippen LogP contribution in [-0.4, -0.2) is 11.9 Å². The summed E-state index contributed by atoms with van der Waals surface area (Å²) in [5.41, 5.74) is 12.6. The lowest BCUT2D eigenvalue weighted by atomic mass is 9.88. The molecule has 0 saturated carbocycles. The van der Waals surface area contributed by atoms with Crippen LogP contribution in [0.2, 0.25) is 5.02 Å². The van der Waals surface area contributed by atoms with Crippen LogP contribution >= 0.6 is 11.6 Å². The fourth-order valence-electron chi connectivity index (χ4n) is 2.97. The summed E-state index contributed by atoms with van der Waals surface area (Å²) in [6, 6.07) is 21.3. The Morgan fingerprint density at radius 3 is 2.40 bits per heavy atom. The first-order chi connectivity index (χ1) is 12.1. The second-order valence-corrected chi connectivity index (χ2v) is 6.20. The van der Waals surface area contributed by atoms with Gasteiger partial charge in [0.2, 0.25) is 0 Å². The van der Waals surface area contributed by atoms with Crippen molar-refractivity contribution >= 4 is 34.2 Å². The largest absolute Gasteiger partial charge is 0.370 e. The van der Waals surface area contributed by atoms with Crippen LogP contribution in [0.25, 0.3) is 10.8 Å². The fraction of sp³-hybridized carbons (Fsp3) is 0.100. The van der Waals surface area contributed by atoms with E-state index in [1.165, 1.54) is 0 Å². The summed E-state index contributed by atoms with van der Waals surface area (Å²) < 4.78 is 0. The van der Waals surface area contributed by atoms with Gasteiger partial charge in [0, 0.05) is 5.02 Å². The summed E-state index contributed by atoms with van der Waals surface area (Å²) in [6.45, 7) is 0. The molecule has 0 aromatic heterocycles. The van der Waals surface area contributed by atoms with Gasteiger partial charge in [-0.05, 0) is 34.4 Å². The molecule has 3 aromatic carbocycles. The van der Waals surface area contributed by atoms with Crippen LogP contribution < -0.4 is 11.5 Å². The molecule has 0 fully saturated rings. The lowest BCUT2D eigenvalue weighted by Gasteiger charge is -2.17. The number of halogens is 1. The van der Waals surface area contributed by atoms with E-state index in [1.54, 1.807) is 0 Å². The predicted molar refractivity (Wildman–Crippen MR) is 103 cm³/mol. The minimum atomic E-state index is -0.520. The van der Waals surface area contributed by atoms with Gasteiger partial charge < -0.3 is 11.5 Å². The van der Waals surface area contributed by atoms with Crippen molar-refractivity contribution in [2.45, 2.75) is 12.3 Å². The first-order valence-corrected chi connectivity index (χ1v) is 8.28. The second kappa shape index (κ2) is 7.36. The van der Waals surface area contributed by atoms with Gasteiger partial charge in [0.1, 0.15) is 0 Å². The number of rotatable bonds is 4. The van der Waals surface area contributed by atoms with Gasteiger partial charge in [-0.3, -0.25) is 4.79 Å². The quantitative estimate of drug-likeness (QED) is 0.556. The number of hydrogen-bond acceptors (Lipinski definition) is 1. The normalized spacial score (nSPS) is 11.9. The first kappa shape index (κ1) is 17.0. The van der Waals surface area contributed by atoms with Gasteiger partial charge in [-0.1, -0.05) is 72.3 Å². The van der Waals surface area contributed by atoms with Crippen molar-refractivity contribution < 1.29 is 4.79 Å². The van der Waals surface area contributed by atoms with Crippen molar-refractivity contribution in [2.24, 2.45) is 16.5 Å². The molecule has 0 unspecified atom stereocenters. The third-order valence-corrected chi connectivity index (χ3v) is 4.49. The van der Waals surface area contributed by atoms with E-state index in [0.717, 1.165) is 21.9 Å². The average Bonchev–Trinajstić information content (AvgIpc) is 2.60. The van der Waals surface area contributed by atoms with E-state index in [2.05, 4.69) is 4.99 Å². The lowest BCUT2D eigenvalue weighted by molar-refractivity contribution is -0.119. The number of nitrogens with two attached hydrogens (primary N) is 2. The fourth-order valence-corrected chi connectivity index (χ4v) is 3.19. The molecule has 0 bridgehead atoms. The van der Waals surface area contributed by atoms with E-state index in [4.69, 9.17) is 23.1 Å². The molecule has 0 saturated heterocycles. The molecule has 3 aromatic rings. The summed E-state index contributed by atoms with van der Waals surface area (Å²) in [7, 11) is 0. The molecule has 0 aliphatic heterocycles. The van der Waals surface area contributed by atoms with Crippen LogP contribution in [0.1, 0.15) is 17.0 Å². The third-order valence-electron chi connectivity index (χ3n) is 4.12. The number of guanidine groups is 1. The minimum absolute atomic E-state index is 0.241. The second-order valence-electron chi connectivity index (χ2n) is 5.79. The van der Waals surface area contributed by atoms with Crippen molar-refractivity contribution in [1.29, 1.82) is 0 Å². The number of fused-ring (bicyclic) bond motifs is 1. The highest BCUT2D eigenvalue weighted by Crippen LogP contribution is 2.31. The van der Waals surface area contributed by atoms with Crippen molar-refractivity contribution in [3.8, 4) is 0 Å². The summed E-state index contributed by atoms with van der Waals surface area (Å²) >= 11 is 6.29. The van der Waals surface area contributed by atoms with Gasteiger partial charge in [-0.25, -0.2) is 0 Å². The third kappa shape index (κ3) is 3.80. The smallest absolute Gasteiger partial charge is 0.256 e. The van der Waals surface area contributed by atoms with Crippen LogP contribution in [0.4, 0.5) is 0 Å². The van der Waals surface area contributed by atoms with Gasteiger partial charge >= 0.3 is 0 Å². The highest BCUT2D eigenvalue weighted by atomic mass is 35.5. The zero-order valence-corrected chi connectivity index (χ0v) is 14.3. The number of benzene rings is 3. The Morgan fingerprint density at radius 2 is 1.64 bits per heavy atom. The van der Waals surface area contributed by atoms with E-state index in [9.17, 15) is 4.79 Å². The average molecular weight is 352 g/mol. The highest BCUT2D eigenvalue weighted by Gasteiger charge is 2.23. The Balaban J connectivity index is 2.12. The topological polar surface area (TPSA) is 81.5 Å². The standard InChI is InChI=1S/C20H18ClN3O/c21-18-11-4-2-7-14(18)12-17(19(25)24-20(22)23)16-10-5-8-13-6-1-3-9-15(13)16/h1-11,17H,12H2,(H4,22,23,24,25)/t17-/m0/s1. The van der Waals surface area contributed by atoms with Crippen LogP contribution in [0.15, 0.2) is 71.7 Å². The molecule has 0 aliphatic rings. The molecule has 3 rings (SSSR count). The Hall–Kier alpha value is -2.85. The molecule has 0 radical (unpaired) electrons. The van der Waals surface area contributed by atoms with Gasteiger partial charge in [-0.2, -0.15) is 4.99 Å². The van der Waals surface area contributed by atoms with Gasteiger partial charge in [0.15, 0.2) is 5.96 Å². The zero-order chi connectivity index (χ0) is 17.8. The van der Waals surface area contributed by atoms with Gasteiger partial charge in [0.25, 0.3) is 5.91 Å². The molecular formula is C20H18ClN3O. The van der Waals surface area contributed by atoms with E-state index in [1.807, 2.05) is 66.7 Å². The van der Waals surface area contributed by atoms with Gasteiger partial charge in [0.05, 0.1) is 5.92 Å². The Morgan fingerprint density at radius 1 is 0.960 bits per heavy atom. The number of carbonyl (C=O) groups excluding carboxylic acids is 1. The maximum atomic E-state index is 12.7. The van der Waals surface area contributed by atoms with Crippen molar-refractivity contribution in [1.82, 2.24) is 0 Å². The molecule has 5 heteroatoms. The number of amides is 1. The Labute approximate surface area is 151 Å². The van der Waals surface area contributed by atoms with Gasteiger partial charge in [-0.15, -0.1) is 0 Å². The SMILES string of the molecule is NC(N)=NC(=O)[C@@H](Cc1ccccc1Cl)c1cccc2ccccc12. The molecule has 4 nitrogen and oxygen atoms in total. The van der Waals surface area contributed by atoms with E-state index in [0.29, 0.717) is 11.4 Å². The van der Waals surface area contributed by atoms with E-state index >= 15 is 0 Å². The maximum Gasteiger partial charge on any atom is 0.256 e. The molecule has 1 atom stereocenters. The molecule has 25 heavy (non-hydrogen) atoms. The highest BCUT2D eigenvalue weighted by molar-refractivity contribution is 6.31. The molecule has 1 amide bonds. The summed E-state index contributed by atoms with van der Waals surface area (Å²) in [4.78, 5) is 16.5. The number of hydrogen-bond donors (Lipinski definition) is 2. The molecule has 0 spiro atoms. The monoisotopic (exact) mass is 351 g/mol. The Kier molecular flexibility index (Phi) is 5.00. The van der Waals surface area contributed by atoms with Crippen molar-refractivity contribution in [2.75, 3.05) is 0 Å². The van der Waals surface area contributed by atoms with Crippen molar-refractivity contribution in [3.05, 3.63) is 82.9 Å². The number of nitrogens with zero attached hydrogens (tertiary/aromatic N) is 1. The molecule has 0 aliphatic carbocycles. The molecule has 4 N–H and O–H groups in total. The Bertz CT molecular complexity index is 943. The zero-order valence-electron chi connectivity index (χ0n) is 13.5. The summed E-state index contributed by atoms with van der Waals surface area (Å²) in [5, 5.41) is 2.67. The predicted octanol–water partition coefficient (Wildman–Crippen LogP) is 3.62. The molecule has 0 heterocycles. The van der Waals surface area contributed by atoms with Crippen LogP contribution in [0.3, 0.4) is 0 Å². The summed E-state index contributed by atoms with van der Waals surface area (Å²) in [6.07, 6.45) is 0.420. The van der Waals surface area contributed by atoms with Crippen LogP contribution in [-0.2, 0) is 11.2 Å². The van der Waals surface area contributed by atoms with Crippen LogP contribution in [0.5, 0.6) is 0 Å². The molecule has 126 valence electrons. The summed E-state index contributed by atoms with van der Waals surface area (Å²) in [5.74, 6) is -1.14. The number of aliphatic imine (C=N–C) groups is 1. The van der Waals surface area contributed by atoms with E-state index in [-0.39, 0.29) is 11.9 Å². The van der Waals surface area contributed by atoms with Crippen LogP contribution in [0, 0.1) is 0 Å². The lowest BCUT2D eigenvalue weighted by Crippen LogP contribution is -2.26.